The summed E-state index contributed by atoms with van der Waals surface area (Å²) in [5, 5.41) is 14.4. The van der Waals surface area contributed by atoms with Crippen LogP contribution >= 0.6 is 0 Å². The average molecular weight is 343 g/mol. The molecule has 1 aromatic rings. The average Bonchev–Trinajstić information content (AvgIpc) is 2.54. The lowest BCUT2D eigenvalue weighted by atomic mass is 9.94. The highest BCUT2D eigenvalue weighted by Gasteiger charge is 2.30. The molecular formula is C14H21N3O5S. The first-order valence-electron chi connectivity index (χ1n) is 7.40. The third kappa shape index (κ3) is 4.18. The Bertz CT molecular complexity index is 671. The highest BCUT2D eigenvalue weighted by Crippen LogP contribution is 2.29. The van der Waals surface area contributed by atoms with Crippen LogP contribution in [0.3, 0.4) is 0 Å². The van der Waals surface area contributed by atoms with Crippen LogP contribution in [0.15, 0.2) is 23.1 Å². The summed E-state index contributed by atoms with van der Waals surface area (Å²) in [5.41, 5.74) is -0.495. The van der Waals surface area contributed by atoms with Crippen molar-refractivity contribution in [1.29, 1.82) is 0 Å². The number of piperidine rings is 1. The van der Waals surface area contributed by atoms with E-state index in [1.165, 1.54) is 19.2 Å². The molecule has 0 spiro atoms. The molecule has 2 rings (SSSR count). The van der Waals surface area contributed by atoms with E-state index in [9.17, 15) is 18.5 Å². The minimum atomic E-state index is -3.98. The summed E-state index contributed by atoms with van der Waals surface area (Å²) in [4.78, 5) is 10.1. The molecule has 0 aromatic heterocycles. The lowest BCUT2D eigenvalue weighted by molar-refractivity contribution is -0.387. The van der Waals surface area contributed by atoms with Gasteiger partial charge in [0, 0.05) is 6.04 Å². The van der Waals surface area contributed by atoms with Gasteiger partial charge >= 0.3 is 0 Å². The van der Waals surface area contributed by atoms with Crippen LogP contribution in [0.5, 0.6) is 5.75 Å². The fraction of sp³-hybridized carbons (Fsp3) is 0.571. The van der Waals surface area contributed by atoms with E-state index in [-0.39, 0.29) is 22.6 Å². The van der Waals surface area contributed by atoms with Crippen LogP contribution in [-0.4, -0.2) is 39.6 Å². The van der Waals surface area contributed by atoms with Crippen LogP contribution in [0.2, 0.25) is 0 Å². The topological polar surface area (TPSA) is 111 Å². The molecule has 128 valence electrons. The summed E-state index contributed by atoms with van der Waals surface area (Å²) in [6.07, 6.45) is 1.90. The quantitative estimate of drug-likeness (QED) is 0.594. The van der Waals surface area contributed by atoms with E-state index in [0.717, 1.165) is 32.0 Å². The van der Waals surface area contributed by atoms with Gasteiger partial charge in [-0.05, 0) is 50.9 Å². The molecule has 0 amide bonds. The van der Waals surface area contributed by atoms with Gasteiger partial charge in [0.25, 0.3) is 5.69 Å². The lowest BCUT2D eigenvalue weighted by Crippen LogP contribution is -2.44. The number of nitrogens with zero attached hydrogens (tertiary/aromatic N) is 1. The van der Waals surface area contributed by atoms with Crippen molar-refractivity contribution < 1.29 is 18.1 Å². The summed E-state index contributed by atoms with van der Waals surface area (Å²) < 4.78 is 32.5. The Morgan fingerprint density at radius 2 is 2.22 bits per heavy atom. The van der Waals surface area contributed by atoms with Gasteiger partial charge in [-0.3, -0.25) is 10.1 Å². The fourth-order valence-electron chi connectivity index (χ4n) is 2.70. The number of benzene rings is 1. The Labute approximate surface area is 135 Å². The normalized spacial score (nSPS) is 20.0. The maximum absolute atomic E-state index is 12.5. The predicted octanol–water partition coefficient (Wildman–Crippen LogP) is 1.27. The molecule has 9 heteroatoms. The second kappa shape index (κ2) is 7.24. The zero-order valence-electron chi connectivity index (χ0n) is 13.1. The molecule has 1 fully saturated rings. The number of rotatable bonds is 6. The van der Waals surface area contributed by atoms with Gasteiger partial charge in [-0.15, -0.1) is 0 Å². The van der Waals surface area contributed by atoms with Crippen molar-refractivity contribution in [1.82, 2.24) is 10.0 Å². The maximum atomic E-state index is 12.5. The second-order valence-corrected chi connectivity index (χ2v) is 7.29. The van der Waals surface area contributed by atoms with Gasteiger partial charge in [-0.25, -0.2) is 13.1 Å². The minimum Gasteiger partial charge on any atom is -0.497 e. The number of sulfonamides is 1. The molecule has 1 aliphatic heterocycles. The minimum absolute atomic E-state index is 0.163. The maximum Gasteiger partial charge on any atom is 0.293 e. The SMILES string of the molecule is COc1ccc(S(=O)(=O)NC(C)C2CCCNC2)c([N+](=O)[O-])c1. The fourth-order valence-corrected chi connectivity index (χ4v) is 4.17. The van der Waals surface area contributed by atoms with E-state index in [1.807, 2.05) is 0 Å². The molecule has 2 unspecified atom stereocenters. The Hall–Kier alpha value is -1.71. The lowest BCUT2D eigenvalue weighted by Gasteiger charge is -2.28. The second-order valence-electron chi connectivity index (χ2n) is 5.61. The molecule has 1 heterocycles. The van der Waals surface area contributed by atoms with E-state index >= 15 is 0 Å². The Kier molecular flexibility index (Phi) is 5.55. The molecule has 0 aliphatic carbocycles. The van der Waals surface area contributed by atoms with Gasteiger partial charge in [-0.2, -0.15) is 0 Å². The van der Waals surface area contributed by atoms with Crippen molar-refractivity contribution in [3.63, 3.8) is 0 Å². The molecule has 2 atom stereocenters. The van der Waals surface area contributed by atoms with Crippen molar-refractivity contribution in [3.8, 4) is 5.75 Å². The summed E-state index contributed by atoms with van der Waals surface area (Å²) in [6, 6.07) is 3.40. The molecule has 0 saturated carbocycles. The van der Waals surface area contributed by atoms with Crippen LogP contribution in [0.25, 0.3) is 0 Å². The molecule has 0 radical (unpaired) electrons. The smallest absolute Gasteiger partial charge is 0.293 e. The van der Waals surface area contributed by atoms with Gasteiger partial charge < -0.3 is 10.1 Å². The van der Waals surface area contributed by atoms with Gasteiger partial charge in [0.2, 0.25) is 10.0 Å². The van der Waals surface area contributed by atoms with E-state index in [0.29, 0.717) is 0 Å². The van der Waals surface area contributed by atoms with Crippen molar-refractivity contribution in [2.45, 2.75) is 30.7 Å². The number of nitrogens with one attached hydrogen (secondary N) is 2. The molecule has 2 N–H and O–H groups in total. The number of nitro benzene ring substituents is 1. The first-order valence-corrected chi connectivity index (χ1v) is 8.89. The third-order valence-corrected chi connectivity index (χ3v) is 5.64. The molecule has 8 nitrogen and oxygen atoms in total. The number of hydrogen-bond donors (Lipinski definition) is 2. The monoisotopic (exact) mass is 343 g/mol. The number of nitro groups is 1. The number of methoxy groups -OCH3 is 1. The van der Waals surface area contributed by atoms with E-state index in [1.54, 1.807) is 6.92 Å². The Morgan fingerprint density at radius 1 is 1.48 bits per heavy atom. The zero-order chi connectivity index (χ0) is 17.0. The number of hydrogen-bond acceptors (Lipinski definition) is 6. The van der Waals surface area contributed by atoms with Crippen LogP contribution < -0.4 is 14.8 Å². The zero-order valence-corrected chi connectivity index (χ0v) is 13.9. The highest BCUT2D eigenvalue weighted by molar-refractivity contribution is 7.89. The van der Waals surface area contributed by atoms with Crippen LogP contribution in [0.1, 0.15) is 19.8 Å². The summed E-state index contributed by atoms with van der Waals surface area (Å²) in [6.45, 7) is 3.44. The molecule has 23 heavy (non-hydrogen) atoms. The van der Waals surface area contributed by atoms with Crippen LogP contribution in [0.4, 0.5) is 5.69 Å². The number of ether oxygens (including phenoxy) is 1. The largest absolute Gasteiger partial charge is 0.497 e. The van der Waals surface area contributed by atoms with Crippen molar-refractivity contribution in [2.24, 2.45) is 5.92 Å². The van der Waals surface area contributed by atoms with E-state index < -0.39 is 20.6 Å². The van der Waals surface area contributed by atoms with Gasteiger partial charge in [-0.1, -0.05) is 0 Å². The van der Waals surface area contributed by atoms with E-state index in [4.69, 9.17) is 4.74 Å². The van der Waals surface area contributed by atoms with Crippen LogP contribution in [0, 0.1) is 16.0 Å². The molecule has 1 saturated heterocycles. The van der Waals surface area contributed by atoms with Gasteiger partial charge in [0.15, 0.2) is 4.90 Å². The van der Waals surface area contributed by atoms with Crippen molar-refractivity contribution in [2.75, 3.05) is 20.2 Å². The highest BCUT2D eigenvalue weighted by atomic mass is 32.2. The summed E-state index contributed by atoms with van der Waals surface area (Å²) in [5.74, 6) is 0.399. The standard InChI is InChI=1S/C14H21N3O5S/c1-10(11-4-3-7-15-9-11)16-23(20,21)14-6-5-12(22-2)8-13(14)17(18)19/h5-6,8,10-11,15-16H,3-4,7,9H2,1-2H3. The molecular weight excluding hydrogens is 322 g/mol. The third-order valence-electron chi connectivity index (χ3n) is 4.04. The van der Waals surface area contributed by atoms with Gasteiger partial charge in [0.1, 0.15) is 5.75 Å². The van der Waals surface area contributed by atoms with Gasteiger partial charge in [0.05, 0.1) is 18.1 Å². The molecule has 1 aromatic carbocycles. The van der Waals surface area contributed by atoms with Crippen molar-refractivity contribution >= 4 is 15.7 Å². The molecule has 1 aliphatic rings. The predicted molar refractivity (Wildman–Crippen MR) is 85.0 cm³/mol. The Morgan fingerprint density at radius 3 is 2.78 bits per heavy atom. The first kappa shape index (κ1) is 17.6. The summed E-state index contributed by atoms with van der Waals surface area (Å²) >= 11 is 0. The van der Waals surface area contributed by atoms with E-state index in [2.05, 4.69) is 10.0 Å². The van der Waals surface area contributed by atoms with Crippen LogP contribution in [-0.2, 0) is 10.0 Å². The first-order chi connectivity index (χ1) is 10.8. The van der Waals surface area contributed by atoms with Crippen molar-refractivity contribution in [3.05, 3.63) is 28.3 Å². The Balaban J connectivity index is 2.26. The molecule has 0 bridgehead atoms. The summed E-state index contributed by atoms with van der Waals surface area (Å²) in [7, 11) is -2.62.